The Kier molecular flexibility index (Phi) is 4.70. The first-order valence-corrected chi connectivity index (χ1v) is 6.57. The Labute approximate surface area is 121 Å². The number of hydrogen-bond donors (Lipinski definition) is 2. The topological polar surface area (TPSA) is 102 Å². The molecule has 0 radical (unpaired) electrons. The number of amides is 1. The maximum Gasteiger partial charge on any atom is 0.338 e. The number of carbonyl (C=O) groups is 2. The highest BCUT2D eigenvalue weighted by Crippen LogP contribution is 1.98. The van der Waals surface area contributed by atoms with E-state index in [2.05, 4.69) is 15.5 Å². The van der Waals surface area contributed by atoms with E-state index in [0.29, 0.717) is 6.54 Å². The highest BCUT2D eigenvalue weighted by molar-refractivity contribution is 5.87. The molecule has 2 aromatic rings. The second kappa shape index (κ2) is 6.69. The molecule has 0 saturated carbocycles. The van der Waals surface area contributed by atoms with Gasteiger partial charge in [0.15, 0.2) is 0 Å². The molecule has 0 aromatic carbocycles. The maximum atomic E-state index is 11.7. The van der Waals surface area contributed by atoms with Gasteiger partial charge in [-0.1, -0.05) is 0 Å². The van der Waals surface area contributed by atoms with E-state index in [1.807, 2.05) is 17.7 Å². The Morgan fingerprint density at radius 1 is 1.38 bits per heavy atom. The second-order valence-corrected chi connectivity index (χ2v) is 4.63. The van der Waals surface area contributed by atoms with E-state index in [-0.39, 0.29) is 18.0 Å². The van der Waals surface area contributed by atoms with Crippen molar-refractivity contribution in [1.82, 2.24) is 24.9 Å². The van der Waals surface area contributed by atoms with E-state index in [0.717, 1.165) is 18.7 Å². The van der Waals surface area contributed by atoms with Gasteiger partial charge in [0.1, 0.15) is 6.54 Å². The molecule has 8 heteroatoms. The normalized spacial score (nSPS) is 10.5. The monoisotopic (exact) mass is 291 g/mol. The van der Waals surface area contributed by atoms with Crippen LogP contribution >= 0.6 is 0 Å². The number of hydrogen-bond acceptors (Lipinski definition) is 4. The summed E-state index contributed by atoms with van der Waals surface area (Å²) in [7, 11) is 0. The van der Waals surface area contributed by atoms with Crippen LogP contribution in [-0.2, 0) is 17.9 Å². The van der Waals surface area contributed by atoms with Crippen LogP contribution in [0.1, 0.15) is 22.5 Å². The summed E-state index contributed by atoms with van der Waals surface area (Å²) >= 11 is 0. The number of nitrogens with zero attached hydrogens (tertiary/aromatic N) is 4. The Morgan fingerprint density at radius 2 is 2.19 bits per heavy atom. The van der Waals surface area contributed by atoms with E-state index in [4.69, 9.17) is 5.11 Å². The largest absolute Gasteiger partial charge is 0.478 e. The van der Waals surface area contributed by atoms with Gasteiger partial charge in [-0.2, -0.15) is 10.2 Å². The quantitative estimate of drug-likeness (QED) is 0.714. The van der Waals surface area contributed by atoms with Crippen molar-refractivity contribution < 1.29 is 14.7 Å². The van der Waals surface area contributed by atoms with Gasteiger partial charge < -0.3 is 10.4 Å². The summed E-state index contributed by atoms with van der Waals surface area (Å²) in [5.74, 6) is -1.26. The van der Waals surface area contributed by atoms with Crippen molar-refractivity contribution in [2.24, 2.45) is 0 Å². The number of aryl methyl sites for hydroxylation is 2. The molecule has 1 amide bonds. The van der Waals surface area contributed by atoms with Crippen molar-refractivity contribution in [3.63, 3.8) is 0 Å². The lowest BCUT2D eigenvalue weighted by atomic mass is 10.4. The Hall–Kier alpha value is -2.64. The number of carbonyl (C=O) groups excluding carboxylic acids is 1. The number of rotatable bonds is 7. The van der Waals surface area contributed by atoms with Crippen LogP contribution in [0.25, 0.3) is 0 Å². The van der Waals surface area contributed by atoms with Crippen LogP contribution in [0.2, 0.25) is 0 Å². The number of aromatic nitrogens is 4. The van der Waals surface area contributed by atoms with E-state index in [1.165, 1.54) is 17.1 Å². The first kappa shape index (κ1) is 14.8. The van der Waals surface area contributed by atoms with Gasteiger partial charge in [-0.3, -0.25) is 14.2 Å². The zero-order valence-electron chi connectivity index (χ0n) is 11.7. The third kappa shape index (κ3) is 4.16. The molecule has 112 valence electrons. The van der Waals surface area contributed by atoms with Crippen LogP contribution in [0, 0.1) is 6.92 Å². The minimum Gasteiger partial charge on any atom is -0.478 e. The molecule has 0 saturated heterocycles. The van der Waals surface area contributed by atoms with E-state index >= 15 is 0 Å². The van der Waals surface area contributed by atoms with Gasteiger partial charge in [-0.25, -0.2) is 4.79 Å². The molecule has 2 heterocycles. The molecule has 0 bridgehead atoms. The lowest BCUT2D eigenvalue weighted by molar-refractivity contribution is -0.121. The Bertz CT molecular complexity index is 631. The minimum atomic E-state index is -1.06. The number of carboxylic acid groups (broad SMARTS) is 1. The number of aromatic carboxylic acids is 1. The van der Waals surface area contributed by atoms with E-state index in [9.17, 15) is 9.59 Å². The highest BCUT2D eigenvalue weighted by Gasteiger charge is 2.08. The van der Waals surface area contributed by atoms with Crippen LogP contribution in [-0.4, -0.2) is 43.1 Å². The van der Waals surface area contributed by atoms with Gasteiger partial charge in [0.05, 0.1) is 11.8 Å². The zero-order chi connectivity index (χ0) is 15.2. The summed E-state index contributed by atoms with van der Waals surface area (Å²) in [5.41, 5.74) is 1.15. The molecule has 21 heavy (non-hydrogen) atoms. The molecule has 0 spiro atoms. The lowest BCUT2D eigenvalue weighted by Crippen LogP contribution is -2.29. The van der Waals surface area contributed by atoms with Gasteiger partial charge >= 0.3 is 5.97 Å². The van der Waals surface area contributed by atoms with Crippen LogP contribution in [0.5, 0.6) is 0 Å². The first-order valence-electron chi connectivity index (χ1n) is 6.57. The summed E-state index contributed by atoms with van der Waals surface area (Å²) in [6, 6.07) is 1.93. The fourth-order valence-corrected chi connectivity index (χ4v) is 1.85. The molecule has 0 atom stereocenters. The van der Waals surface area contributed by atoms with Crippen molar-refractivity contribution in [3.8, 4) is 0 Å². The molecule has 2 N–H and O–H groups in total. The van der Waals surface area contributed by atoms with Crippen LogP contribution in [0.4, 0.5) is 0 Å². The molecule has 0 aliphatic carbocycles. The predicted octanol–water partition coefficient (Wildman–Crippen LogP) is 0.293. The summed E-state index contributed by atoms with van der Waals surface area (Å²) in [5, 5.41) is 19.5. The Balaban J connectivity index is 1.70. The molecule has 0 unspecified atom stereocenters. The minimum absolute atomic E-state index is 0.00801. The summed E-state index contributed by atoms with van der Waals surface area (Å²) in [6.45, 7) is 3.26. The van der Waals surface area contributed by atoms with Crippen LogP contribution in [0.15, 0.2) is 24.7 Å². The van der Waals surface area contributed by atoms with Crippen LogP contribution < -0.4 is 5.32 Å². The fourth-order valence-electron chi connectivity index (χ4n) is 1.85. The van der Waals surface area contributed by atoms with Crippen molar-refractivity contribution >= 4 is 11.9 Å². The number of carboxylic acids is 1. The van der Waals surface area contributed by atoms with Crippen molar-refractivity contribution in [3.05, 3.63) is 35.9 Å². The molecule has 0 aliphatic heterocycles. The third-order valence-corrected chi connectivity index (χ3v) is 2.98. The molecule has 2 aromatic heterocycles. The maximum absolute atomic E-state index is 11.7. The summed E-state index contributed by atoms with van der Waals surface area (Å²) in [6.07, 6.45) is 5.06. The predicted molar refractivity (Wildman–Crippen MR) is 73.8 cm³/mol. The van der Waals surface area contributed by atoms with Gasteiger partial charge in [0.2, 0.25) is 5.91 Å². The average Bonchev–Trinajstić information content (AvgIpc) is 3.04. The molecule has 2 rings (SSSR count). The molecular formula is C13H17N5O3. The van der Waals surface area contributed by atoms with E-state index in [1.54, 1.807) is 6.20 Å². The smallest absolute Gasteiger partial charge is 0.338 e. The van der Waals surface area contributed by atoms with Crippen LogP contribution in [0.3, 0.4) is 0 Å². The number of nitrogens with one attached hydrogen (secondary N) is 1. The SMILES string of the molecule is Cc1ccnn1CCCNC(=O)Cn1cc(C(=O)O)cn1. The molecule has 8 nitrogen and oxygen atoms in total. The summed E-state index contributed by atoms with van der Waals surface area (Å²) < 4.78 is 3.18. The third-order valence-electron chi connectivity index (χ3n) is 2.98. The lowest BCUT2D eigenvalue weighted by Gasteiger charge is -2.06. The fraction of sp³-hybridized carbons (Fsp3) is 0.385. The second-order valence-electron chi connectivity index (χ2n) is 4.63. The van der Waals surface area contributed by atoms with E-state index < -0.39 is 5.97 Å². The molecular weight excluding hydrogens is 274 g/mol. The molecule has 0 fully saturated rings. The van der Waals surface area contributed by atoms with Gasteiger partial charge in [-0.05, 0) is 19.4 Å². The Morgan fingerprint density at radius 3 is 2.81 bits per heavy atom. The molecule has 0 aliphatic rings. The summed E-state index contributed by atoms with van der Waals surface area (Å²) in [4.78, 5) is 22.4. The zero-order valence-corrected chi connectivity index (χ0v) is 11.7. The first-order chi connectivity index (χ1) is 10.1. The van der Waals surface area contributed by atoms with Gasteiger partial charge in [0.25, 0.3) is 0 Å². The highest BCUT2D eigenvalue weighted by atomic mass is 16.4. The van der Waals surface area contributed by atoms with Gasteiger partial charge in [-0.15, -0.1) is 0 Å². The van der Waals surface area contributed by atoms with Crippen molar-refractivity contribution in [2.75, 3.05) is 6.54 Å². The van der Waals surface area contributed by atoms with Crippen molar-refractivity contribution in [1.29, 1.82) is 0 Å². The van der Waals surface area contributed by atoms with Crippen molar-refractivity contribution in [2.45, 2.75) is 26.4 Å². The standard InChI is InChI=1S/C13H17N5O3/c1-10-3-5-15-18(10)6-2-4-14-12(19)9-17-8-11(7-16-17)13(20)21/h3,5,7-8H,2,4,6,9H2,1H3,(H,14,19)(H,20,21). The average molecular weight is 291 g/mol. The van der Waals surface area contributed by atoms with Gasteiger partial charge in [0, 0.05) is 31.2 Å².